The van der Waals surface area contributed by atoms with Crippen molar-refractivity contribution >= 4 is 27.7 Å². The van der Waals surface area contributed by atoms with Gasteiger partial charge in [-0.3, -0.25) is 4.79 Å². The second-order valence-corrected chi connectivity index (χ2v) is 8.70. The number of methoxy groups -OCH3 is 1. The van der Waals surface area contributed by atoms with Crippen LogP contribution in [0, 0.1) is 17.8 Å². The number of halogens is 1. The highest BCUT2D eigenvalue weighted by Gasteiger charge is 2.39. The van der Waals surface area contributed by atoms with Crippen molar-refractivity contribution in [2.24, 2.45) is 17.8 Å². The number of carbonyl (C=O) groups is 2. The lowest BCUT2D eigenvalue weighted by Crippen LogP contribution is -2.35. The van der Waals surface area contributed by atoms with Gasteiger partial charge in [-0.1, -0.05) is 66.4 Å². The van der Waals surface area contributed by atoms with E-state index in [2.05, 4.69) is 39.7 Å². The van der Waals surface area contributed by atoms with Gasteiger partial charge in [-0.15, -0.1) is 0 Å². The maximum Gasteiger partial charge on any atom is 0.337 e. The minimum atomic E-state index is -1.47. The summed E-state index contributed by atoms with van der Waals surface area (Å²) < 4.78 is 4.60. The Balaban J connectivity index is 2.54. The fourth-order valence-corrected chi connectivity index (χ4v) is 4.48. The molecule has 4 nitrogen and oxygen atoms in total. The Kier molecular flexibility index (Phi) is 11.9. The minimum Gasteiger partial charge on any atom is -0.467 e. The third-order valence-electron chi connectivity index (χ3n) is 5.65. The Bertz CT molecular complexity index is 539. The van der Waals surface area contributed by atoms with Crippen LogP contribution in [0.15, 0.2) is 24.3 Å². The summed E-state index contributed by atoms with van der Waals surface area (Å²) in [5.74, 6) is 0.429. The number of ether oxygens (including phenoxy) is 1. The molecule has 0 aromatic carbocycles. The summed E-state index contributed by atoms with van der Waals surface area (Å²) >= 11 is 3.57. The zero-order chi connectivity index (χ0) is 21.0. The van der Waals surface area contributed by atoms with Crippen LogP contribution < -0.4 is 0 Å². The molecule has 1 saturated carbocycles. The second kappa shape index (κ2) is 13.3. The molecule has 1 aliphatic rings. The molecule has 0 radical (unpaired) electrons. The number of hydrogen-bond donors (Lipinski definition) is 1. The van der Waals surface area contributed by atoms with Gasteiger partial charge in [0, 0.05) is 17.7 Å². The standard InChI is InChI=1S/C23H37BrO4/c1-4-5-6-7-8-10-13-19-18(17-24)16-21(25)20(19)14-11-9-12-15-23(2,27)22(26)28-3/h9-11,13,18-20,27H,4-8,12,14-17H2,1-3H3/b11-9-,13-10+/t18-,19-,20+,23?/m0/s1. The second-order valence-electron chi connectivity index (χ2n) is 8.06. The maximum absolute atomic E-state index is 12.5. The van der Waals surface area contributed by atoms with E-state index in [0.29, 0.717) is 43.3 Å². The van der Waals surface area contributed by atoms with Crippen LogP contribution in [0.5, 0.6) is 0 Å². The van der Waals surface area contributed by atoms with Gasteiger partial charge in [0.1, 0.15) is 5.78 Å². The monoisotopic (exact) mass is 456 g/mol. The molecule has 1 unspecified atom stereocenters. The summed E-state index contributed by atoms with van der Waals surface area (Å²) in [6.45, 7) is 3.68. The van der Waals surface area contributed by atoms with Crippen LogP contribution in [-0.4, -0.2) is 34.9 Å². The van der Waals surface area contributed by atoms with E-state index in [1.807, 2.05) is 12.2 Å². The number of allylic oxidation sites excluding steroid dienone is 4. The number of Topliss-reactive ketones (excluding diaryl/α,β-unsaturated/α-hetero) is 1. The van der Waals surface area contributed by atoms with Gasteiger partial charge >= 0.3 is 5.97 Å². The van der Waals surface area contributed by atoms with Gasteiger partial charge in [-0.2, -0.15) is 0 Å². The fourth-order valence-electron chi connectivity index (χ4n) is 3.82. The first kappa shape index (κ1) is 25.1. The number of hydrogen-bond acceptors (Lipinski definition) is 4. The van der Waals surface area contributed by atoms with Gasteiger partial charge in [0.15, 0.2) is 5.60 Å². The van der Waals surface area contributed by atoms with E-state index in [1.165, 1.54) is 39.7 Å². The Morgan fingerprint density at radius 1 is 1.25 bits per heavy atom. The average Bonchev–Trinajstić information content (AvgIpc) is 2.98. The van der Waals surface area contributed by atoms with E-state index >= 15 is 0 Å². The summed E-state index contributed by atoms with van der Waals surface area (Å²) in [5.41, 5.74) is -1.47. The lowest BCUT2D eigenvalue weighted by Gasteiger charge is -2.19. The molecule has 0 aliphatic heterocycles. The molecule has 0 aromatic rings. The van der Waals surface area contributed by atoms with E-state index in [0.717, 1.165) is 11.8 Å². The number of unbranched alkanes of at least 4 members (excludes halogenated alkanes) is 4. The topological polar surface area (TPSA) is 63.6 Å². The van der Waals surface area contributed by atoms with Crippen molar-refractivity contribution in [1.82, 2.24) is 0 Å². The Morgan fingerprint density at radius 2 is 2.00 bits per heavy atom. The average molecular weight is 457 g/mol. The highest BCUT2D eigenvalue weighted by atomic mass is 79.9. The fraction of sp³-hybridized carbons (Fsp3) is 0.739. The number of alkyl halides is 1. The Hall–Kier alpha value is -0.940. The molecule has 0 heterocycles. The van der Waals surface area contributed by atoms with E-state index in [-0.39, 0.29) is 5.92 Å². The van der Waals surface area contributed by atoms with Crippen molar-refractivity contribution in [3.63, 3.8) is 0 Å². The lowest BCUT2D eigenvalue weighted by molar-refractivity contribution is -0.160. The Morgan fingerprint density at radius 3 is 2.64 bits per heavy atom. The highest BCUT2D eigenvalue weighted by Crippen LogP contribution is 2.39. The van der Waals surface area contributed by atoms with Crippen molar-refractivity contribution in [3.05, 3.63) is 24.3 Å². The summed E-state index contributed by atoms with van der Waals surface area (Å²) in [6, 6.07) is 0. The predicted molar refractivity (Wildman–Crippen MR) is 117 cm³/mol. The van der Waals surface area contributed by atoms with E-state index < -0.39 is 11.6 Å². The normalized spacial score (nSPS) is 24.9. The van der Waals surface area contributed by atoms with Crippen LogP contribution in [-0.2, 0) is 14.3 Å². The smallest absolute Gasteiger partial charge is 0.337 e. The molecule has 1 aliphatic carbocycles. The molecule has 0 aromatic heterocycles. The number of carbonyl (C=O) groups excluding carboxylic acids is 2. The zero-order valence-corrected chi connectivity index (χ0v) is 19.2. The lowest BCUT2D eigenvalue weighted by atomic mass is 9.87. The van der Waals surface area contributed by atoms with Crippen LogP contribution >= 0.6 is 15.9 Å². The van der Waals surface area contributed by atoms with Crippen molar-refractivity contribution in [2.75, 3.05) is 12.4 Å². The highest BCUT2D eigenvalue weighted by molar-refractivity contribution is 9.09. The first-order chi connectivity index (χ1) is 13.4. The largest absolute Gasteiger partial charge is 0.467 e. The van der Waals surface area contributed by atoms with Crippen LogP contribution in [0.2, 0.25) is 0 Å². The van der Waals surface area contributed by atoms with Gasteiger partial charge in [0.05, 0.1) is 7.11 Å². The predicted octanol–water partition coefficient (Wildman–Crippen LogP) is 5.38. The molecule has 0 spiro atoms. The van der Waals surface area contributed by atoms with Crippen LogP contribution in [0.3, 0.4) is 0 Å². The van der Waals surface area contributed by atoms with Gasteiger partial charge in [-0.25, -0.2) is 4.79 Å². The Labute approximate surface area is 178 Å². The quantitative estimate of drug-likeness (QED) is 0.175. The van der Waals surface area contributed by atoms with Crippen molar-refractivity contribution in [3.8, 4) is 0 Å². The molecule has 0 saturated heterocycles. The van der Waals surface area contributed by atoms with Crippen molar-refractivity contribution < 1.29 is 19.4 Å². The number of esters is 1. The van der Waals surface area contributed by atoms with Gasteiger partial charge in [-0.05, 0) is 50.9 Å². The number of ketones is 1. The zero-order valence-electron chi connectivity index (χ0n) is 17.7. The number of rotatable bonds is 13. The summed E-state index contributed by atoms with van der Waals surface area (Å²) in [4.78, 5) is 24.0. The molecule has 1 rings (SSSR count). The van der Waals surface area contributed by atoms with Crippen LogP contribution in [0.25, 0.3) is 0 Å². The molecule has 5 heteroatoms. The summed E-state index contributed by atoms with van der Waals surface area (Å²) in [5, 5.41) is 10.9. The molecule has 4 atom stereocenters. The molecular formula is C23H37BrO4. The van der Waals surface area contributed by atoms with Crippen LogP contribution in [0.4, 0.5) is 0 Å². The molecule has 1 N–H and O–H groups in total. The SMILES string of the molecule is CCCCCC/C=C/[C@H]1[C@H](CBr)CC(=O)[C@@H]1C/C=C\CCC(C)(O)C(=O)OC. The number of aliphatic hydroxyl groups is 1. The van der Waals surface area contributed by atoms with Crippen molar-refractivity contribution in [1.29, 1.82) is 0 Å². The molecule has 0 amide bonds. The van der Waals surface area contributed by atoms with Gasteiger partial charge in [0.2, 0.25) is 0 Å². The van der Waals surface area contributed by atoms with Gasteiger partial charge in [0.25, 0.3) is 0 Å². The summed E-state index contributed by atoms with van der Waals surface area (Å²) in [7, 11) is 1.27. The van der Waals surface area contributed by atoms with E-state index in [4.69, 9.17) is 0 Å². The third kappa shape index (κ3) is 8.20. The molecule has 1 fully saturated rings. The minimum absolute atomic E-state index is 0.0341. The molecule has 160 valence electrons. The molecule has 28 heavy (non-hydrogen) atoms. The van der Waals surface area contributed by atoms with Crippen molar-refractivity contribution in [2.45, 2.75) is 77.2 Å². The van der Waals surface area contributed by atoms with Crippen LogP contribution in [0.1, 0.15) is 71.6 Å². The first-order valence-corrected chi connectivity index (χ1v) is 11.7. The maximum atomic E-state index is 12.5. The molecule has 0 bridgehead atoms. The van der Waals surface area contributed by atoms with E-state index in [1.54, 1.807) is 0 Å². The third-order valence-corrected chi connectivity index (χ3v) is 6.48. The first-order valence-electron chi connectivity index (χ1n) is 10.6. The molecular weight excluding hydrogens is 420 g/mol. The van der Waals surface area contributed by atoms with E-state index in [9.17, 15) is 14.7 Å². The summed E-state index contributed by atoms with van der Waals surface area (Å²) in [6.07, 6.45) is 16.9. The van der Waals surface area contributed by atoms with Gasteiger partial charge < -0.3 is 9.84 Å².